The van der Waals surface area contributed by atoms with Crippen molar-refractivity contribution in [1.29, 1.82) is 0 Å². The van der Waals surface area contributed by atoms with Crippen molar-refractivity contribution in [2.75, 3.05) is 0 Å². The molecule has 10 aromatic carbocycles. The number of fused-ring (bicyclic) bond motifs is 12. The minimum atomic E-state index is 0.832. The molecule has 4 nitrogen and oxygen atoms in total. The molecule has 0 spiro atoms. The summed E-state index contributed by atoms with van der Waals surface area (Å²) < 4.78 is 19.6. The van der Waals surface area contributed by atoms with Crippen LogP contribution >= 0.6 is 0 Å². The molecule has 65 heavy (non-hydrogen) atoms. The summed E-state index contributed by atoms with van der Waals surface area (Å²) in [6.07, 6.45) is 0. The lowest BCUT2D eigenvalue weighted by Crippen LogP contribution is -1.93. The Morgan fingerprint density at radius 3 is 1.37 bits per heavy atom. The second-order valence-corrected chi connectivity index (χ2v) is 16.9. The molecule has 0 saturated heterocycles. The van der Waals surface area contributed by atoms with Gasteiger partial charge in [0.05, 0.1) is 11.2 Å². The van der Waals surface area contributed by atoms with E-state index in [1.165, 1.54) is 0 Å². The van der Waals surface area contributed by atoms with Gasteiger partial charge in [0.1, 0.15) is 33.5 Å². The van der Waals surface area contributed by atoms with E-state index in [1.54, 1.807) is 0 Å². The monoisotopic (exact) mass is 829 g/mol. The topological polar surface area (TPSA) is 52.3 Å². The van der Waals surface area contributed by atoms with Crippen molar-refractivity contribution in [3.05, 3.63) is 212 Å². The highest BCUT2D eigenvalue weighted by Crippen LogP contribution is 2.48. The van der Waals surface area contributed by atoms with Gasteiger partial charge in [-0.1, -0.05) is 146 Å². The van der Waals surface area contributed by atoms with Crippen molar-refractivity contribution < 1.29 is 13.3 Å². The third kappa shape index (κ3) is 5.47. The number of hydrogen-bond acceptors (Lipinski definition) is 4. The van der Waals surface area contributed by atoms with Crippen LogP contribution in [0.1, 0.15) is 0 Å². The molecule has 0 unspecified atom stereocenters. The third-order valence-electron chi connectivity index (χ3n) is 13.2. The predicted molar refractivity (Wildman–Crippen MR) is 268 cm³/mol. The summed E-state index contributed by atoms with van der Waals surface area (Å²) in [5, 5.41) is 9.87. The molecule has 0 saturated carbocycles. The first-order valence-electron chi connectivity index (χ1n) is 22.0. The van der Waals surface area contributed by atoms with Crippen LogP contribution in [0.3, 0.4) is 0 Å². The molecule has 4 heteroatoms. The molecule has 0 aliphatic heterocycles. The minimum absolute atomic E-state index is 0.832. The van der Waals surface area contributed by atoms with Gasteiger partial charge in [0, 0.05) is 59.6 Å². The van der Waals surface area contributed by atoms with Crippen LogP contribution in [0.25, 0.3) is 143 Å². The van der Waals surface area contributed by atoms with Crippen LogP contribution < -0.4 is 0 Å². The molecular weight excluding hydrogens is 795 g/mol. The van der Waals surface area contributed by atoms with Crippen LogP contribution in [0.4, 0.5) is 0 Å². The van der Waals surface area contributed by atoms with Gasteiger partial charge in [-0.15, -0.1) is 0 Å². The van der Waals surface area contributed by atoms with Gasteiger partial charge in [-0.05, 0) is 106 Å². The SMILES string of the molecule is c1ccc(-c2nc3ccccc3c3c(-c4cccc(-c5cc(-c6cccc7oc8ccccc8c67)cc(-c6cccc7oc8ccccc8c67)c5)c4)c4c(cc23)oc2ccccc24)cc1. The van der Waals surface area contributed by atoms with Crippen molar-refractivity contribution in [3.63, 3.8) is 0 Å². The first-order valence-corrected chi connectivity index (χ1v) is 22.0. The van der Waals surface area contributed by atoms with Crippen LogP contribution in [-0.2, 0) is 0 Å². The normalized spacial score (nSPS) is 12.0. The van der Waals surface area contributed by atoms with E-state index in [1.807, 2.05) is 30.3 Å². The molecule has 4 aromatic heterocycles. The van der Waals surface area contributed by atoms with E-state index < -0.39 is 0 Å². The molecule has 0 radical (unpaired) electrons. The molecule has 0 bridgehead atoms. The largest absolute Gasteiger partial charge is 0.456 e. The maximum absolute atomic E-state index is 6.74. The van der Waals surface area contributed by atoms with E-state index in [-0.39, 0.29) is 0 Å². The van der Waals surface area contributed by atoms with E-state index in [0.29, 0.717) is 0 Å². The minimum Gasteiger partial charge on any atom is -0.456 e. The van der Waals surface area contributed by atoms with Gasteiger partial charge in [-0.3, -0.25) is 0 Å². The fourth-order valence-corrected chi connectivity index (χ4v) is 10.4. The van der Waals surface area contributed by atoms with Gasteiger partial charge in [0.25, 0.3) is 0 Å². The number of benzene rings is 10. The second kappa shape index (κ2) is 13.9. The summed E-state index contributed by atoms with van der Waals surface area (Å²) in [5.74, 6) is 0. The van der Waals surface area contributed by atoms with Gasteiger partial charge in [0.15, 0.2) is 0 Å². The van der Waals surface area contributed by atoms with Crippen LogP contribution in [-0.4, -0.2) is 4.98 Å². The summed E-state index contributed by atoms with van der Waals surface area (Å²) in [7, 11) is 0. The Hall–Kier alpha value is -8.73. The van der Waals surface area contributed by atoms with Crippen LogP contribution in [0.2, 0.25) is 0 Å². The highest BCUT2D eigenvalue weighted by Gasteiger charge is 2.23. The maximum Gasteiger partial charge on any atom is 0.136 e. The molecule has 0 N–H and O–H groups in total. The maximum atomic E-state index is 6.74. The van der Waals surface area contributed by atoms with E-state index >= 15 is 0 Å². The van der Waals surface area contributed by atoms with Crippen molar-refractivity contribution in [3.8, 4) is 55.8 Å². The molecule has 14 aromatic rings. The summed E-state index contributed by atoms with van der Waals surface area (Å²) in [6.45, 7) is 0. The molecule has 14 rings (SSSR count). The predicted octanol–water partition coefficient (Wildman–Crippen LogP) is 17.4. The lowest BCUT2D eigenvalue weighted by Gasteiger charge is -2.17. The number of hydrogen-bond donors (Lipinski definition) is 0. The highest BCUT2D eigenvalue weighted by atomic mass is 16.3. The Morgan fingerprint density at radius 1 is 0.262 bits per heavy atom. The van der Waals surface area contributed by atoms with Gasteiger partial charge < -0.3 is 13.3 Å². The number of rotatable bonds is 5. The van der Waals surface area contributed by atoms with Crippen LogP contribution in [0, 0.1) is 0 Å². The van der Waals surface area contributed by atoms with E-state index in [0.717, 1.165) is 143 Å². The molecular formula is C61H35NO3. The average molecular weight is 830 g/mol. The summed E-state index contributed by atoms with van der Waals surface area (Å²) in [6, 6.07) is 75.1. The molecule has 0 aliphatic rings. The van der Waals surface area contributed by atoms with Crippen molar-refractivity contribution in [2.24, 2.45) is 0 Å². The van der Waals surface area contributed by atoms with Gasteiger partial charge in [0.2, 0.25) is 0 Å². The number of aromatic nitrogens is 1. The fraction of sp³-hybridized carbons (Fsp3) is 0. The standard InChI is InChI=1S/C61H35NO3/c1-2-15-36(16-3-1)61-48-35-55-60(47-22-7-11-28-52(47)65-55)56(59(48)44-19-4-8-25-49(44)62-61)38-18-12-17-37(31-38)39-32-40(42-23-13-29-53-57(42)45-20-5-9-26-50(45)63-53)34-41(33-39)43-24-14-30-54-58(43)46-21-6-10-27-51(46)64-54/h1-35H. The Morgan fingerprint density at radius 2 is 0.723 bits per heavy atom. The van der Waals surface area contributed by atoms with Crippen molar-refractivity contribution >= 4 is 87.5 Å². The third-order valence-corrected chi connectivity index (χ3v) is 13.2. The van der Waals surface area contributed by atoms with Gasteiger partial charge in [-0.2, -0.15) is 0 Å². The zero-order valence-electron chi connectivity index (χ0n) is 34.9. The molecule has 0 amide bonds. The Balaban J connectivity index is 1.07. The van der Waals surface area contributed by atoms with Gasteiger partial charge >= 0.3 is 0 Å². The molecule has 302 valence electrons. The molecule has 4 heterocycles. The number of furan rings is 3. The van der Waals surface area contributed by atoms with Crippen LogP contribution in [0.15, 0.2) is 226 Å². The van der Waals surface area contributed by atoms with Crippen molar-refractivity contribution in [2.45, 2.75) is 0 Å². The average Bonchev–Trinajstić information content (AvgIpc) is 4.07. The lowest BCUT2D eigenvalue weighted by molar-refractivity contribution is 0.668. The highest BCUT2D eigenvalue weighted by molar-refractivity contribution is 6.28. The smallest absolute Gasteiger partial charge is 0.136 e. The summed E-state index contributed by atoms with van der Waals surface area (Å²) in [4.78, 5) is 5.33. The van der Waals surface area contributed by atoms with Crippen LogP contribution in [0.5, 0.6) is 0 Å². The Bertz CT molecular complexity index is 4110. The molecule has 0 fully saturated rings. The lowest BCUT2D eigenvalue weighted by atomic mass is 9.87. The Kier molecular flexibility index (Phi) is 7.65. The van der Waals surface area contributed by atoms with E-state index in [2.05, 4.69) is 182 Å². The first-order chi connectivity index (χ1) is 32.2. The fourth-order valence-electron chi connectivity index (χ4n) is 10.4. The summed E-state index contributed by atoms with van der Waals surface area (Å²) >= 11 is 0. The van der Waals surface area contributed by atoms with E-state index in [9.17, 15) is 0 Å². The number of para-hydroxylation sites is 4. The van der Waals surface area contributed by atoms with E-state index in [4.69, 9.17) is 18.2 Å². The quantitative estimate of drug-likeness (QED) is 0.162. The number of pyridine rings is 1. The molecule has 0 aliphatic carbocycles. The zero-order chi connectivity index (χ0) is 42.6. The van der Waals surface area contributed by atoms with Gasteiger partial charge in [-0.25, -0.2) is 4.98 Å². The molecule has 0 atom stereocenters. The second-order valence-electron chi connectivity index (χ2n) is 16.9. The zero-order valence-corrected chi connectivity index (χ0v) is 34.9. The first kappa shape index (κ1) is 35.8. The summed E-state index contributed by atoms with van der Waals surface area (Å²) in [5.41, 5.74) is 16.9. The Labute approximate surface area is 372 Å². The number of nitrogens with zero attached hydrogens (tertiary/aromatic N) is 1. The van der Waals surface area contributed by atoms with Crippen molar-refractivity contribution in [1.82, 2.24) is 4.98 Å².